The van der Waals surface area contributed by atoms with Gasteiger partial charge in [-0.15, -0.1) is 11.8 Å². The summed E-state index contributed by atoms with van der Waals surface area (Å²) in [5.41, 5.74) is 1.20. The standard InChI is InChI=1S/C15H23NO2S/c1-3-13(8-9-17)10-16-15(18)11-19-14-7-5-4-6-12(14)2/h4-7,13,17H,3,8-11H2,1-2H3,(H,16,18). The van der Waals surface area contributed by atoms with Gasteiger partial charge in [-0.2, -0.15) is 0 Å². The van der Waals surface area contributed by atoms with E-state index in [9.17, 15) is 4.79 Å². The molecular weight excluding hydrogens is 258 g/mol. The van der Waals surface area contributed by atoms with E-state index in [0.29, 0.717) is 18.2 Å². The van der Waals surface area contributed by atoms with Gasteiger partial charge >= 0.3 is 0 Å². The number of hydrogen-bond donors (Lipinski definition) is 2. The van der Waals surface area contributed by atoms with Gasteiger partial charge in [0.05, 0.1) is 5.75 Å². The number of carbonyl (C=O) groups is 1. The highest BCUT2D eigenvalue weighted by molar-refractivity contribution is 8.00. The van der Waals surface area contributed by atoms with Crippen molar-refractivity contribution >= 4 is 17.7 Å². The van der Waals surface area contributed by atoms with Gasteiger partial charge in [0.25, 0.3) is 0 Å². The molecule has 1 unspecified atom stereocenters. The molecular formula is C15H23NO2S. The molecule has 106 valence electrons. The summed E-state index contributed by atoms with van der Waals surface area (Å²) in [5.74, 6) is 0.877. The molecule has 0 saturated heterocycles. The molecule has 19 heavy (non-hydrogen) atoms. The number of rotatable bonds is 8. The minimum absolute atomic E-state index is 0.0599. The summed E-state index contributed by atoms with van der Waals surface area (Å²) in [4.78, 5) is 12.9. The van der Waals surface area contributed by atoms with E-state index >= 15 is 0 Å². The third-order valence-corrected chi connectivity index (χ3v) is 4.33. The Balaban J connectivity index is 2.30. The van der Waals surface area contributed by atoms with Crippen LogP contribution in [0.25, 0.3) is 0 Å². The molecule has 0 aliphatic carbocycles. The van der Waals surface area contributed by atoms with Gasteiger partial charge < -0.3 is 10.4 Å². The van der Waals surface area contributed by atoms with Gasteiger partial charge in [0, 0.05) is 18.0 Å². The van der Waals surface area contributed by atoms with Gasteiger partial charge in [0.2, 0.25) is 5.91 Å². The topological polar surface area (TPSA) is 49.3 Å². The van der Waals surface area contributed by atoms with Crippen molar-refractivity contribution in [3.8, 4) is 0 Å². The summed E-state index contributed by atoms with van der Waals surface area (Å²) in [6.45, 7) is 4.97. The van der Waals surface area contributed by atoms with E-state index in [2.05, 4.69) is 25.2 Å². The van der Waals surface area contributed by atoms with Crippen molar-refractivity contribution in [2.75, 3.05) is 18.9 Å². The zero-order valence-corrected chi connectivity index (χ0v) is 12.5. The first-order valence-corrected chi connectivity index (χ1v) is 7.72. The van der Waals surface area contributed by atoms with Gasteiger partial charge in [-0.1, -0.05) is 31.5 Å². The number of nitrogens with one attached hydrogen (secondary N) is 1. The molecule has 1 amide bonds. The predicted molar refractivity (Wildman–Crippen MR) is 80.4 cm³/mol. The Kier molecular flexibility index (Phi) is 7.60. The Labute approximate surface area is 119 Å². The van der Waals surface area contributed by atoms with Crippen LogP contribution < -0.4 is 5.32 Å². The van der Waals surface area contributed by atoms with Crippen LogP contribution in [0.2, 0.25) is 0 Å². The van der Waals surface area contributed by atoms with Crippen molar-refractivity contribution in [1.82, 2.24) is 5.32 Å². The van der Waals surface area contributed by atoms with Crippen LogP contribution in [0, 0.1) is 12.8 Å². The SMILES string of the molecule is CCC(CCO)CNC(=O)CSc1ccccc1C. The normalized spacial score (nSPS) is 12.2. The number of benzene rings is 1. The number of aryl methyl sites for hydroxylation is 1. The van der Waals surface area contributed by atoms with Crippen LogP contribution in [-0.4, -0.2) is 29.9 Å². The fraction of sp³-hybridized carbons (Fsp3) is 0.533. The highest BCUT2D eigenvalue weighted by Crippen LogP contribution is 2.21. The number of hydrogen-bond acceptors (Lipinski definition) is 3. The van der Waals surface area contributed by atoms with Crippen LogP contribution in [0.1, 0.15) is 25.3 Å². The van der Waals surface area contributed by atoms with Crippen LogP contribution >= 0.6 is 11.8 Å². The summed E-state index contributed by atoms with van der Waals surface area (Å²) >= 11 is 1.57. The Bertz CT molecular complexity index is 395. The highest BCUT2D eigenvalue weighted by atomic mass is 32.2. The first-order chi connectivity index (χ1) is 9.17. The van der Waals surface area contributed by atoms with Gasteiger partial charge in [-0.25, -0.2) is 0 Å². The molecule has 1 aromatic carbocycles. The molecule has 0 saturated carbocycles. The maximum Gasteiger partial charge on any atom is 0.230 e. The van der Waals surface area contributed by atoms with Crippen molar-refractivity contribution in [3.63, 3.8) is 0 Å². The molecule has 0 spiro atoms. The monoisotopic (exact) mass is 281 g/mol. The maximum absolute atomic E-state index is 11.8. The molecule has 0 bridgehead atoms. The Morgan fingerprint density at radius 1 is 1.42 bits per heavy atom. The maximum atomic E-state index is 11.8. The van der Waals surface area contributed by atoms with E-state index in [-0.39, 0.29) is 12.5 Å². The molecule has 1 aromatic rings. The van der Waals surface area contributed by atoms with Crippen molar-refractivity contribution in [2.45, 2.75) is 31.6 Å². The number of aliphatic hydroxyl groups is 1. The Morgan fingerprint density at radius 2 is 2.16 bits per heavy atom. The zero-order valence-electron chi connectivity index (χ0n) is 11.7. The van der Waals surface area contributed by atoms with Crippen LogP contribution in [0.3, 0.4) is 0 Å². The van der Waals surface area contributed by atoms with E-state index in [1.165, 1.54) is 5.56 Å². The first-order valence-electron chi connectivity index (χ1n) is 6.73. The Morgan fingerprint density at radius 3 is 2.79 bits per heavy atom. The molecule has 0 aromatic heterocycles. The summed E-state index contributed by atoms with van der Waals surface area (Å²) in [6.07, 6.45) is 1.73. The first kappa shape index (κ1) is 16.1. The van der Waals surface area contributed by atoms with E-state index < -0.39 is 0 Å². The fourth-order valence-electron chi connectivity index (χ4n) is 1.80. The van der Waals surface area contributed by atoms with Crippen LogP contribution in [-0.2, 0) is 4.79 Å². The fourth-order valence-corrected chi connectivity index (χ4v) is 2.66. The lowest BCUT2D eigenvalue weighted by atomic mass is 10.0. The number of carbonyl (C=O) groups excluding carboxylic acids is 1. The van der Waals surface area contributed by atoms with Gasteiger partial charge in [-0.3, -0.25) is 4.79 Å². The van der Waals surface area contributed by atoms with E-state index in [1.807, 2.05) is 18.2 Å². The second-order valence-corrected chi connectivity index (χ2v) is 5.66. The average molecular weight is 281 g/mol. The molecule has 1 rings (SSSR count). The molecule has 0 aliphatic heterocycles. The minimum Gasteiger partial charge on any atom is -0.396 e. The predicted octanol–water partition coefficient (Wildman–Crippen LogP) is 2.61. The lowest BCUT2D eigenvalue weighted by Crippen LogP contribution is -2.30. The van der Waals surface area contributed by atoms with E-state index in [4.69, 9.17) is 5.11 Å². The zero-order chi connectivity index (χ0) is 14.1. The quantitative estimate of drug-likeness (QED) is 0.720. The lowest BCUT2D eigenvalue weighted by Gasteiger charge is -2.14. The molecule has 4 heteroatoms. The van der Waals surface area contributed by atoms with Crippen molar-refractivity contribution in [2.24, 2.45) is 5.92 Å². The second kappa shape index (κ2) is 8.99. The van der Waals surface area contributed by atoms with Crippen molar-refractivity contribution in [1.29, 1.82) is 0 Å². The Hall–Kier alpha value is -1.00. The molecule has 1 atom stereocenters. The third-order valence-electron chi connectivity index (χ3n) is 3.15. The highest BCUT2D eigenvalue weighted by Gasteiger charge is 2.09. The lowest BCUT2D eigenvalue weighted by molar-refractivity contribution is -0.118. The van der Waals surface area contributed by atoms with E-state index in [1.54, 1.807) is 11.8 Å². The van der Waals surface area contributed by atoms with Gasteiger partial charge in [0.15, 0.2) is 0 Å². The summed E-state index contributed by atoms with van der Waals surface area (Å²) in [5, 5.41) is 11.8. The molecule has 3 nitrogen and oxygen atoms in total. The van der Waals surface area contributed by atoms with Gasteiger partial charge in [-0.05, 0) is 30.9 Å². The number of thioether (sulfide) groups is 1. The van der Waals surface area contributed by atoms with E-state index in [0.717, 1.165) is 17.7 Å². The van der Waals surface area contributed by atoms with Gasteiger partial charge in [0.1, 0.15) is 0 Å². The van der Waals surface area contributed by atoms with Crippen LogP contribution in [0.15, 0.2) is 29.2 Å². The molecule has 2 N–H and O–H groups in total. The smallest absolute Gasteiger partial charge is 0.230 e. The molecule has 0 heterocycles. The second-order valence-electron chi connectivity index (χ2n) is 4.64. The number of amides is 1. The molecule has 0 aliphatic rings. The number of aliphatic hydroxyl groups excluding tert-OH is 1. The average Bonchev–Trinajstić information content (AvgIpc) is 2.42. The molecule has 0 radical (unpaired) electrons. The van der Waals surface area contributed by atoms with Crippen LogP contribution in [0.5, 0.6) is 0 Å². The van der Waals surface area contributed by atoms with Crippen molar-refractivity contribution < 1.29 is 9.90 Å². The van der Waals surface area contributed by atoms with Crippen molar-refractivity contribution in [3.05, 3.63) is 29.8 Å². The summed E-state index contributed by atoms with van der Waals surface area (Å²) in [6, 6.07) is 8.07. The largest absolute Gasteiger partial charge is 0.396 e. The summed E-state index contributed by atoms with van der Waals surface area (Å²) in [7, 11) is 0. The molecule has 0 fully saturated rings. The summed E-state index contributed by atoms with van der Waals surface area (Å²) < 4.78 is 0. The van der Waals surface area contributed by atoms with Crippen LogP contribution in [0.4, 0.5) is 0 Å². The third kappa shape index (κ3) is 6.12. The minimum atomic E-state index is 0.0599.